The molecule has 3 aromatic carbocycles. The van der Waals surface area contributed by atoms with E-state index in [9.17, 15) is 19.3 Å². The molecule has 30 heavy (non-hydrogen) atoms. The lowest BCUT2D eigenvalue weighted by Gasteiger charge is -2.20. The maximum atomic E-state index is 13.7. The molecule has 3 rings (SSSR count). The highest BCUT2D eigenvalue weighted by Gasteiger charge is 2.27. The number of hydrogen-bond donors (Lipinski definition) is 1. The smallest absolute Gasteiger partial charge is 0.311 e. The lowest BCUT2D eigenvalue weighted by atomic mass is 10.1. The van der Waals surface area contributed by atoms with Crippen molar-refractivity contribution in [3.63, 3.8) is 0 Å². The number of benzene rings is 3. The molecule has 154 valence electrons. The number of carbonyl (C=O) groups is 1. The van der Waals surface area contributed by atoms with Gasteiger partial charge in [0.05, 0.1) is 17.7 Å². The third-order valence-electron chi connectivity index (χ3n) is 4.32. The number of hydrogen-bond acceptors (Lipinski definition) is 5. The maximum Gasteiger partial charge on any atom is 0.311 e. The number of methoxy groups -OCH3 is 1. The lowest BCUT2D eigenvalue weighted by molar-refractivity contribution is -0.386. The minimum absolute atomic E-state index is 0.347. The van der Waals surface area contributed by atoms with E-state index >= 15 is 0 Å². The number of ether oxygens (including phenoxy) is 2. The molecule has 0 fully saturated rings. The fourth-order valence-electron chi connectivity index (χ4n) is 2.88. The van der Waals surface area contributed by atoms with Gasteiger partial charge in [0, 0.05) is 17.7 Å². The summed E-state index contributed by atoms with van der Waals surface area (Å²) in [4.78, 5) is 23.7. The maximum absolute atomic E-state index is 13.7. The molecule has 0 aromatic heterocycles. The second-order valence-electron chi connectivity index (χ2n) is 6.47. The van der Waals surface area contributed by atoms with Crippen LogP contribution in [0.15, 0.2) is 66.7 Å². The number of aryl methyl sites for hydroxylation is 1. The van der Waals surface area contributed by atoms with Crippen LogP contribution in [0, 0.1) is 22.9 Å². The number of anilines is 1. The number of halogens is 1. The van der Waals surface area contributed by atoms with E-state index in [1.165, 1.54) is 7.11 Å². The fraction of sp³-hybridized carbons (Fsp3) is 0.136. The third-order valence-corrected chi connectivity index (χ3v) is 4.32. The van der Waals surface area contributed by atoms with E-state index in [1.54, 1.807) is 42.5 Å². The Morgan fingerprint density at radius 1 is 1.07 bits per heavy atom. The number of carbonyl (C=O) groups excluding carboxylic acids is 1. The van der Waals surface area contributed by atoms with Crippen LogP contribution >= 0.6 is 0 Å². The van der Waals surface area contributed by atoms with Gasteiger partial charge in [0.2, 0.25) is 11.9 Å². The molecule has 1 unspecified atom stereocenters. The summed E-state index contributed by atoms with van der Waals surface area (Å²) in [6, 6.07) is 16.5. The van der Waals surface area contributed by atoms with Crippen LogP contribution in [0.5, 0.6) is 11.5 Å². The Hall–Kier alpha value is -3.94. The minimum Gasteiger partial charge on any atom is -0.495 e. The van der Waals surface area contributed by atoms with Gasteiger partial charge < -0.3 is 14.8 Å². The van der Waals surface area contributed by atoms with E-state index < -0.39 is 28.4 Å². The van der Waals surface area contributed by atoms with Crippen molar-refractivity contribution >= 4 is 17.3 Å². The van der Waals surface area contributed by atoms with E-state index in [-0.39, 0.29) is 5.75 Å². The van der Waals surface area contributed by atoms with Crippen LogP contribution < -0.4 is 14.8 Å². The summed E-state index contributed by atoms with van der Waals surface area (Å²) in [5.41, 5.74) is 1.31. The number of nitro benzene ring substituents is 1. The molecule has 1 N–H and O–H groups in total. The van der Waals surface area contributed by atoms with Crippen molar-refractivity contribution in [2.24, 2.45) is 0 Å². The Morgan fingerprint density at radius 3 is 2.47 bits per heavy atom. The van der Waals surface area contributed by atoms with Crippen molar-refractivity contribution in [3.8, 4) is 11.5 Å². The van der Waals surface area contributed by atoms with Crippen molar-refractivity contribution in [1.29, 1.82) is 0 Å². The van der Waals surface area contributed by atoms with Gasteiger partial charge in [0.25, 0.3) is 5.91 Å². The van der Waals surface area contributed by atoms with Gasteiger partial charge in [0.15, 0.2) is 0 Å². The van der Waals surface area contributed by atoms with Gasteiger partial charge >= 0.3 is 5.69 Å². The normalized spacial score (nSPS) is 11.4. The summed E-state index contributed by atoms with van der Waals surface area (Å²) < 4.78 is 24.7. The predicted molar refractivity (Wildman–Crippen MR) is 109 cm³/mol. The standard InChI is InChI=1S/C22H19FN2O5/c1-14-8-11-19(29-2)17(12-14)24-22(26)21(15-6-4-3-5-7-15)30-20-13-16(23)9-10-18(20)25(27)28/h3-13,21H,1-2H3,(H,24,26). The summed E-state index contributed by atoms with van der Waals surface area (Å²) in [6.07, 6.45) is -1.27. The first-order valence-electron chi connectivity index (χ1n) is 9.00. The number of nitro groups is 1. The topological polar surface area (TPSA) is 90.7 Å². The summed E-state index contributed by atoms with van der Waals surface area (Å²) in [5, 5.41) is 14.1. The highest BCUT2D eigenvalue weighted by molar-refractivity contribution is 5.96. The molecule has 0 saturated carbocycles. The summed E-state index contributed by atoms with van der Waals surface area (Å²) in [7, 11) is 1.47. The molecule has 0 aliphatic carbocycles. The van der Waals surface area contributed by atoms with Crippen LogP contribution in [0.25, 0.3) is 0 Å². The largest absolute Gasteiger partial charge is 0.495 e. The zero-order valence-corrected chi connectivity index (χ0v) is 16.3. The summed E-state index contributed by atoms with van der Waals surface area (Å²) in [6.45, 7) is 1.86. The lowest BCUT2D eigenvalue weighted by Crippen LogP contribution is -2.26. The monoisotopic (exact) mass is 410 g/mol. The van der Waals surface area contributed by atoms with E-state index in [1.807, 2.05) is 13.0 Å². The molecule has 0 heterocycles. The Balaban J connectivity index is 1.99. The Bertz CT molecular complexity index is 1070. The molecule has 0 aliphatic heterocycles. The Kier molecular flexibility index (Phi) is 6.26. The number of amides is 1. The van der Waals surface area contributed by atoms with Crippen molar-refractivity contribution in [3.05, 3.63) is 93.8 Å². The van der Waals surface area contributed by atoms with Gasteiger partial charge in [-0.05, 0) is 30.7 Å². The van der Waals surface area contributed by atoms with Crippen LogP contribution in [0.1, 0.15) is 17.2 Å². The number of nitrogens with one attached hydrogen (secondary N) is 1. The average Bonchev–Trinajstić information content (AvgIpc) is 2.72. The molecular weight excluding hydrogens is 391 g/mol. The number of nitrogens with zero attached hydrogens (tertiary/aromatic N) is 1. The van der Waals surface area contributed by atoms with Crippen molar-refractivity contribution < 1.29 is 23.6 Å². The Labute approximate surface area is 172 Å². The van der Waals surface area contributed by atoms with E-state index in [0.29, 0.717) is 17.0 Å². The van der Waals surface area contributed by atoms with E-state index in [4.69, 9.17) is 9.47 Å². The molecule has 8 heteroatoms. The van der Waals surface area contributed by atoms with E-state index in [2.05, 4.69) is 5.32 Å². The van der Waals surface area contributed by atoms with Gasteiger partial charge in [0.1, 0.15) is 11.6 Å². The molecule has 3 aromatic rings. The zero-order chi connectivity index (χ0) is 21.7. The fourth-order valence-corrected chi connectivity index (χ4v) is 2.88. The van der Waals surface area contributed by atoms with Gasteiger partial charge in [-0.15, -0.1) is 0 Å². The first kappa shape index (κ1) is 20.8. The second kappa shape index (κ2) is 9.04. The highest BCUT2D eigenvalue weighted by Crippen LogP contribution is 2.33. The van der Waals surface area contributed by atoms with Gasteiger partial charge in [-0.1, -0.05) is 36.4 Å². The third kappa shape index (κ3) is 4.72. The first-order chi connectivity index (χ1) is 14.4. The Morgan fingerprint density at radius 2 is 1.80 bits per heavy atom. The van der Waals surface area contributed by atoms with Crippen LogP contribution in [0.4, 0.5) is 15.8 Å². The summed E-state index contributed by atoms with van der Waals surface area (Å²) >= 11 is 0. The molecule has 0 radical (unpaired) electrons. The first-order valence-corrected chi connectivity index (χ1v) is 9.00. The van der Waals surface area contributed by atoms with Gasteiger partial charge in [-0.2, -0.15) is 0 Å². The molecule has 0 aliphatic rings. The average molecular weight is 410 g/mol. The van der Waals surface area contributed by atoms with Crippen molar-refractivity contribution in [2.75, 3.05) is 12.4 Å². The quantitative estimate of drug-likeness (QED) is 0.446. The summed E-state index contributed by atoms with van der Waals surface area (Å²) in [5.74, 6) is -1.22. The second-order valence-corrected chi connectivity index (χ2v) is 6.47. The predicted octanol–water partition coefficient (Wildman–Crippen LogP) is 4.81. The molecule has 0 bridgehead atoms. The van der Waals surface area contributed by atoms with Crippen molar-refractivity contribution in [1.82, 2.24) is 0 Å². The molecule has 1 amide bonds. The van der Waals surface area contributed by atoms with E-state index in [0.717, 1.165) is 23.8 Å². The van der Waals surface area contributed by atoms with Crippen LogP contribution in [-0.4, -0.2) is 17.9 Å². The molecular formula is C22H19FN2O5. The molecule has 1 atom stereocenters. The van der Waals surface area contributed by atoms with Gasteiger partial charge in [-0.3, -0.25) is 14.9 Å². The highest BCUT2D eigenvalue weighted by atomic mass is 19.1. The molecule has 0 spiro atoms. The minimum atomic E-state index is -1.27. The SMILES string of the molecule is COc1ccc(C)cc1NC(=O)C(Oc1cc(F)ccc1[N+](=O)[O-])c1ccccc1. The van der Waals surface area contributed by atoms with Crippen LogP contribution in [-0.2, 0) is 4.79 Å². The van der Waals surface area contributed by atoms with Gasteiger partial charge in [-0.25, -0.2) is 4.39 Å². The molecule has 0 saturated heterocycles. The molecule has 7 nitrogen and oxygen atoms in total. The van der Waals surface area contributed by atoms with Crippen LogP contribution in [0.3, 0.4) is 0 Å². The van der Waals surface area contributed by atoms with Crippen LogP contribution in [0.2, 0.25) is 0 Å². The zero-order valence-electron chi connectivity index (χ0n) is 16.3. The number of rotatable bonds is 7. The van der Waals surface area contributed by atoms with Crippen molar-refractivity contribution in [2.45, 2.75) is 13.0 Å².